The third kappa shape index (κ3) is 3.95. The third-order valence-electron chi connectivity index (χ3n) is 5.24. The molecule has 5 nitrogen and oxygen atoms in total. The largest absolute Gasteiger partial charge is 0.497 e. The monoisotopic (exact) mass is 354 g/mol. The Bertz CT molecular complexity index is 550. The normalized spacial score (nSPS) is 28.8. The second-order valence-electron chi connectivity index (χ2n) is 6.79. The molecular weight excluding hydrogens is 328 g/mol. The maximum absolute atomic E-state index is 12.4. The molecule has 3 N–H and O–H groups in total. The first kappa shape index (κ1) is 18.9. The van der Waals surface area contributed by atoms with Crippen molar-refractivity contribution in [3.8, 4) is 11.5 Å². The van der Waals surface area contributed by atoms with Gasteiger partial charge in [0.25, 0.3) is 0 Å². The van der Waals surface area contributed by atoms with Crippen LogP contribution in [-0.2, 0) is 4.79 Å². The summed E-state index contributed by atoms with van der Waals surface area (Å²) >= 11 is 0. The highest BCUT2D eigenvalue weighted by molar-refractivity contribution is 5.85. The molecule has 1 aromatic carbocycles. The van der Waals surface area contributed by atoms with Gasteiger partial charge in [0.05, 0.1) is 19.6 Å². The molecule has 2 fully saturated rings. The van der Waals surface area contributed by atoms with Crippen LogP contribution in [0.2, 0.25) is 0 Å². The van der Waals surface area contributed by atoms with Crippen LogP contribution >= 0.6 is 12.4 Å². The lowest BCUT2D eigenvalue weighted by atomic mass is 9.84. The molecule has 0 aromatic heterocycles. The maximum atomic E-state index is 12.4. The van der Waals surface area contributed by atoms with E-state index in [-0.39, 0.29) is 36.4 Å². The Morgan fingerprint density at radius 1 is 1.25 bits per heavy atom. The van der Waals surface area contributed by atoms with Gasteiger partial charge in [-0.2, -0.15) is 0 Å². The standard InChI is InChI=1S/C18H26N2O3.ClH/c1-11(23-15-7-5-14(22-2)6-8-15)10-20-18(21)16-12-3-4-13(9-12)17(16)19;/h5-8,11-13,16-17H,3-4,9-10,19H2,1-2H3,(H,20,21);1H. The van der Waals surface area contributed by atoms with E-state index in [0.717, 1.165) is 24.3 Å². The van der Waals surface area contributed by atoms with Crippen molar-refractivity contribution in [2.24, 2.45) is 23.5 Å². The number of ether oxygens (including phenoxy) is 2. The van der Waals surface area contributed by atoms with Gasteiger partial charge in [-0.15, -0.1) is 12.4 Å². The van der Waals surface area contributed by atoms with Gasteiger partial charge in [0, 0.05) is 6.04 Å². The maximum Gasteiger partial charge on any atom is 0.225 e. The highest BCUT2D eigenvalue weighted by Crippen LogP contribution is 2.47. The van der Waals surface area contributed by atoms with Crippen LogP contribution in [0, 0.1) is 17.8 Å². The zero-order valence-electron chi connectivity index (χ0n) is 14.2. The summed E-state index contributed by atoms with van der Waals surface area (Å²) in [5, 5.41) is 3.01. The van der Waals surface area contributed by atoms with Crippen molar-refractivity contribution in [3.05, 3.63) is 24.3 Å². The van der Waals surface area contributed by atoms with Crippen molar-refractivity contribution in [2.75, 3.05) is 13.7 Å². The molecule has 0 spiro atoms. The summed E-state index contributed by atoms with van der Waals surface area (Å²) < 4.78 is 10.9. The molecule has 24 heavy (non-hydrogen) atoms. The Hall–Kier alpha value is -1.46. The number of halogens is 1. The number of benzene rings is 1. The van der Waals surface area contributed by atoms with E-state index in [2.05, 4.69) is 5.32 Å². The van der Waals surface area contributed by atoms with Crippen molar-refractivity contribution in [3.63, 3.8) is 0 Å². The molecule has 3 rings (SSSR count). The Balaban J connectivity index is 0.00000208. The first-order valence-electron chi connectivity index (χ1n) is 8.42. The molecule has 5 unspecified atom stereocenters. The van der Waals surface area contributed by atoms with E-state index >= 15 is 0 Å². The number of carbonyl (C=O) groups is 1. The number of methoxy groups -OCH3 is 1. The minimum atomic E-state index is -0.0952. The summed E-state index contributed by atoms with van der Waals surface area (Å²) in [6.07, 6.45) is 3.36. The lowest BCUT2D eigenvalue weighted by molar-refractivity contribution is -0.127. The predicted octanol–water partition coefficient (Wildman–Crippen LogP) is 2.37. The van der Waals surface area contributed by atoms with Gasteiger partial charge in [0.1, 0.15) is 17.6 Å². The lowest BCUT2D eigenvalue weighted by Crippen LogP contribution is -2.47. The minimum absolute atomic E-state index is 0. The summed E-state index contributed by atoms with van der Waals surface area (Å²) in [6.45, 7) is 2.44. The molecule has 134 valence electrons. The van der Waals surface area contributed by atoms with Gasteiger partial charge in [0.2, 0.25) is 5.91 Å². The highest BCUT2D eigenvalue weighted by Gasteiger charge is 2.48. The average Bonchev–Trinajstić information content (AvgIpc) is 3.14. The minimum Gasteiger partial charge on any atom is -0.497 e. The Labute approximate surface area is 149 Å². The van der Waals surface area contributed by atoms with E-state index in [9.17, 15) is 4.79 Å². The van der Waals surface area contributed by atoms with Gasteiger partial charge in [-0.05, 0) is 62.3 Å². The summed E-state index contributed by atoms with van der Waals surface area (Å²) in [6, 6.07) is 7.47. The topological polar surface area (TPSA) is 73.6 Å². The van der Waals surface area contributed by atoms with Crippen LogP contribution in [-0.4, -0.2) is 31.7 Å². The number of nitrogens with two attached hydrogens (primary N) is 1. The van der Waals surface area contributed by atoms with Gasteiger partial charge in [-0.3, -0.25) is 4.79 Å². The van der Waals surface area contributed by atoms with Crippen molar-refractivity contribution in [2.45, 2.75) is 38.3 Å². The van der Waals surface area contributed by atoms with Gasteiger partial charge >= 0.3 is 0 Å². The van der Waals surface area contributed by atoms with Crippen LogP contribution in [0.3, 0.4) is 0 Å². The first-order valence-corrected chi connectivity index (χ1v) is 8.42. The molecule has 0 heterocycles. The molecule has 2 saturated carbocycles. The SMILES string of the molecule is COc1ccc(OC(C)CNC(=O)C2C3CCC(C3)C2N)cc1.Cl. The number of hydrogen-bond acceptors (Lipinski definition) is 4. The molecule has 0 radical (unpaired) electrons. The summed E-state index contributed by atoms with van der Waals surface area (Å²) in [4.78, 5) is 12.4. The van der Waals surface area contributed by atoms with Crippen molar-refractivity contribution < 1.29 is 14.3 Å². The van der Waals surface area contributed by atoms with E-state index in [1.165, 1.54) is 6.42 Å². The molecule has 2 aliphatic carbocycles. The highest BCUT2D eigenvalue weighted by atomic mass is 35.5. The van der Waals surface area contributed by atoms with Crippen molar-refractivity contribution >= 4 is 18.3 Å². The van der Waals surface area contributed by atoms with Gasteiger partial charge in [-0.1, -0.05) is 0 Å². The fraction of sp³-hybridized carbons (Fsp3) is 0.611. The smallest absolute Gasteiger partial charge is 0.225 e. The fourth-order valence-electron chi connectivity index (χ4n) is 4.02. The number of nitrogens with one attached hydrogen (secondary N) is 1. The van der Waals surface area contributed by atoms with Crippen molar-refractivity contribution in [1.82, 2.24) is 5.32 Å². The summed E-state index contributed by atoms with van der Waals surface area (Å²) in [5.41, 5.74) is 6.22. The van der Waals surface area contributed by atoms with Crippen LogP contribution < -0.4 is 20.5 Å². The Morgan fingerprint density at radius 3 is 2.46 bits per heavy atom. The van der Waals surface area contributed by atoms with Gasteiger partial charge in [-0.25, -0.2) is 0 Å². The molecule has 2 aliphatic rings. The van der Waals surface area contributed by atoms with E-state index < -0.39 is 0 Å². The second-order valence-corrected chi connectivity index (χ2v) is 6.79. The van der Waals surface area contributed by atoms with Crippen LogP contribution in [0.15, 0.2) is 24.3 Å². The molecule has 5 atom stereocenters. The number of rotatable bonds is 6. The zero-order chi connectivity index (χ0) is 16.4. The zero-order valence-corrected chi connectivity index (χ0v) is 15.1. The first-order chi connectivity index (χ1) is 11.1. The summed E-state index contributed by atoms with van der Waals surface area (Å²) in [7, 11) is 1.63. The molecule has 0 saturated heterocycles. The van der Waals surface area contributed by atoms with E-state index in [1.54, 1.807) is 7.11 Å². The number of hydrogen-bond donors (Lipinski definition) is 2. The van der Waals surface area contributed by atoms with Crippen LogP contribution in [0.25, 0.3) is 0 Å². The van der Waals surface area contributed by atoms with Crippen LogP contribution in [0.1, 0.15) is 26.2 Å². The molecular formula is C18H27ClN2O3. The number of amides is 1. The van der Waals surface area contributed by atoms with E-state index in [4.69, 9.17) is 15.2 Å². The molecule has 6 heteroatoms. The number of fused-ring (bicyclic) bond motifs is 2. The number of carbonyl (C=O) groups excluding carboxylic acids is 1. The van der Waals surface area contributed by atoms with Gasteiger partial charge < -0.3 is 20.5 Å². The second kappa shape index (κ2) is 8.08. The van der Waals surface area contributed by atoms with E-state index in [0.29, 0.717) is 18.4 Å². The molecule has 1 amide bonds. The van der Waals surface area contributed by atoms with Crippen LogP contribution in [0.5, 0.6) is 11.5 Å². The molecule has 2 bridgehead atoms. The van der Waals surface area contributed by atoms with Crippen LogP contribution in [0.4, 0.5) is 0 Å². The third-order valence-corrected chi connectivity index (χ3v) is 5.24. The summed E-state index contributed by atoms with van der Waals surface area (Å²) in [5.74, 6) is 2.67. The average molecular weight is 355 g/mol. The Kier molecular flexibility index (Phi) is 6.35. The molecule has 0 aliphatic heterocycles. The van der Waals surface area contributed by atoms with Gasteiger partial charge in [0.15, 0.2) is 0 Å². The lowest BCUT2D eigenvalue weighted by Gasteiger charge is -2.27. The quantitative estimate of drug-likeness (QED) is 0.822. The Morgan fingerprint density at radius 2 is 1.88 bits per heavy atom. The predicted molar refractivity (Wildman–Crippen MR) is 95.6 cm³/mol. The fourth-order valence-corrected chi connectivity index (χ4v) is 4.02. The molecule has 1 aromatic rings. The van der Waals surface area contributed by atoms with E-state index in [1.807, 2.05) is 31.2 Å². The van der Waals surface area contributed by atoms with Crippen molar-refractivity contribution in [1.29, 1.82) is 0 Å².